The number of carbonyl (C=O) groups excluding carboxylic acids is 1. The third kappa shape index (κ3) is 4.67. The molecular weight excluding hydrogens is 427 g/mol. The van der Waals surface area contributed by atoms with Gasteiger partial charge in [-0.2, -0.15) is 13.2 Å². The van der Waals surface area contributed by atoms with Crippen molar-refractivity contribution in [3.63, 3.8) is 0 Å². The molecular formula is C23H15ClF3N3O. The molecule has 0 bridgehead atoms. The van der Waals surface area contributed by atoms with Gasteiger partial charge in [-0.05, 0) is 63.8 Å². The first-order chi connectivity index (χ1) is 14.8. The Morgan fingerprint density at radius 1 is 1.00 bits per heavy atom. The lowest BCUT2D eigenvalue weighted by Crippen LogP contribution is -2.23. The fourth-order valence-electron chi connectivity index (χ4n) is 3.26. The molecule has 31 heavy (non-hydrogen) atoms. The van der Waals surface area contributed by atoms with Crippen molar-refractivity contribution in [2.24, 2.45) is 0 Å². The van der Waals surface area contributed by atoms with Gasteiger partial charge in [-0.3, -0.25) is 4.79 Å². The first-order valence-corrected chi connectivity index (χ1v) is 9.65. The lowest BCUT2D eigenvalue weighted by molar-refractivity contribution is -0.137. The number of benzene rings is 3. The van der Waals surface area contributed by atoms with Crippen LogP contribution in [0, 0.1) is 0 Å². The maximum Gasteiger partial charge on any atom is 0.416 e. The van der Waals surface area contributed by atoms with E-state index >= 15 is 0 Å². The van der Waals surface area contributed by atoms with E-state index in [0.29, 0.717) is 16.8 Å². The first kappa shape index (κ1) is 20.8. The average Bonchev–Trinajstić information content (AvgIpc) is 2.76. The van der Waals surface area contributed by atoms with Crippen LogP contribution in [-0.2, 0) is 12.7 Å². The third-order valence-corrected chi connectivity index (χ3v) is 4.96. The van der Waals surface area contributed by atoms with Crippen LogP contribution in [0.4, 0.5) is 13.2 Å². The third-order valence-electron chi connectivity index (χ3n) is 4.78. The highest BCUT2D eigenvalue weighted by molar-refractivity contribution is 6.28. The average molecular weight is 442 g/mol. The van der Waals surface area contributed by atoms with Crippen LogP contribution in [0.15, 0.2) is 72.9 Å². The summed E-state index contributed by atoms with van der Waals surface area (Å²) in [5.74, 6) is -0.281. The van der Waals surface area contributed by atoms with Crippen molar-refractivity contribution in [1.82, 2.24) is 15.3 Å². The summed E-state index contributed by atoms with van der Waals surface area (Å²) in [6.45, 7) is 0.199. The topological polar surface area (TPSA) is 54.9 Å². The zero-order chi connectivity index (χ0) is 22.0. The van der Waals surface area contributed by atoms with E-state index in [9.17, 15) is 18.0 Å². The van der Waals surface area contributed by atoms with Gasteiger partial charge in [-0.25, -0.2) is 9.97 Å². The molecule has 0 saturated carbocycles. The normalized spacial score (nSPS) is 11.5. The number of halogens is 4. The number of alkyl halides is 3. The minimum atomic E-state index is -4.38. The molecule has 0 aliphatic rings. The van der Waals surface area contributed by atoms with E-state index in [4.69, 9.17) is 11.6 Å². The van der Waals surface area contributed by atoms with Crippen LogP contribution in [0.2, 0.25) is 5.28 Å². The van der Waals surface area contributed by atoms with E-state index < -0.39 is 11.7 Å². The standard InChI is InChI=1S/C23H15ClF3N3O/c24-22-28-11-10-18(30-22)13-29-21(31)16-6-9-20-15(12-16)2-1-3-19(20)14-4-7-17(8-5-14)23(25,26)27/h1-12H,13H2,(H,29,31). The molecule has 3 aromatic carbocycles. The SMILES string of the molecule is O=C(NCc1ccnc(Cl)n1)c1ccc2c(-c3ccc(C(F)(F)F)cc3)cccc2c1. The second-order valence-electron chi connectivity index (χ2n) is 6.82. The molecule has 0 aliphatic carbocycles. The number of fused-ring (bicyclic) bond motifs is 1. The molecule has 0 radical (unpaired) electrons. The van der Waals surface area contributed by atoms with Gasteiger partial charge in [-0.15, -0.1) is 0 Å². The van der Waals surface area contributed by atoms with Gasteiger partial charge in [0.05, 0.1) is 17.8 Å². The molecule has 0 aliphatic heterocycles. The van der Waals surface area contributed by atoms with Crippen molar-refractivity contribution in [3.05, 3.63) is 95.0 Å². The molecule has 1 N–H and O–H groups in total. The summed E-state index contributed by atoms with van der Waals surface area (Å²) < 4.78 is 38.5. The zero-order valence-corrected chi connectivity index (χ0v) is 16.7. The Morgan fingerprint density at radius 3 is 2.48 bits per heavy atom. The van der Waals surface area contributed by atoms with Crippen LogP contribution < -0.4 is 5.32 Å². The van der Waals surface area contributed by atoms with E-state index in [0.717, 1.165) is 28.5 Å². The van der Waals surface area contributed by atoms with Crippen molar-refractivity contribution >= 4 is 28.3 Å². The van der Waals surface area contributed by atoms with E-state index in [2.05, 4.69) is 15.3 Å². The Morgan fingerprint density at radius 2 is 1.77 bits per heavy atom. The quantitative estimate of drug-likeness (QED) is 0.401. The predicted molar refractivity (Wildman–Crippen MR) is 113 cm³/mol. The largest absolute Gasteiger partial charge is 0.416 e. The molecule has 0 unspecified atom stereocenters. The summed E-state index contributed by atoms with van der Waals surface area (Å²) >= 11 is 5.75. The monoisotopic (exact) mass is 441 g/mol. The molecule has 4 nitrogen and oxygen atoms in total. The van der Waals surface area contributed by atoms with Gasteiger partial charge in [0, 0.05) is 11.8 Å². The van der Waals surface area contributed by atoms with Crippen LogP contribution in [0.3, 0.4) is 0 Å². The Bertz CT molecular complexity index is 1260. The van der Waals surface area contributed by atoms with Crippen molar-refractivity contribution in [2.45, 2.75) is 12.7 Å². The van der Waals surface area contributed by atoms with Gasteiger partial charge in [-0.1, -0.05) is 36.4 Å². The number of nitrogens with one attached hydrogen (secondary N) is 1. The molecule has 0 spiro atoms. The van der Waals surface area contributed by atoms with Crippen LogP contribution in [0.25, 0.3) is 21.9 Å². The Balaban J connectivity index is 1.58. The van der Waals surface area contributed by atoms with Crippen LogP contribution in [0.1, 0.15) is 21.6 Å². The molecule has 8 heteroatoms. The second kappa shape index (κ2) is 8.35. The fraction of sp³-hybridized carbons (Fsp3) is 0.0870. The van der Waals surface area contributed by atoms with Gasteiger partial charge in [0.25, 0.3) is 5.91 Å². The Kier molecular flexibility index (Phi) is 5.61. The molecule has 156 valence electrons. The number of rotatable bonds is 4. The van der Waals surface area contributed by atoms with E-state index in [-0.39, 0.29) is 17.7 Å². The summed E-state index contributed by atoms with van der Waals surface area (Å²) in [4.78, 5) is 20.4. The lowest BCUT2D eigenvalue weighted by atomic mass is 9.96. The number of amides is 1. The highest BCUT2D eigenvalue weighted by atomic mass is 35.5. The molecule has 4 aromatic rings. The van der Waals surface area contributed by atoms with Crippen molar-refractivity contribution in [1.29, 1.82) is 0 Å². The van der Waals surface area contributed by atoms with Crippen LogP contribution in [0.5, 0.6) is 0 Å². The summed E-state index contributed by atoms with van der Waals surface area (Å²) in [7, 11) is 0. The molecule has 0 saturated heterocycles. The Labute approximate surface area is 180 Å². The molecule has 1 aromatic heterocycles. The van der Waals surface area contributed by atoms with Gasteiger partial charge in [0.2, 0.25) is 5.28 Å². The van der Waals surface area contributed by atoms with Crippen molar-refractivity contribution in [2.75, 3.05) is 0 Å². The number of carbonyl (C=O) groups is 1. The first-order valence-electron chi connectivity index (χ1n) is 9.27. The highest BCUT2D eigenvalue weighted by Crippen LogP contribution is 2.33. The smallest absolute Gasteiger partial charge is 0.346 e. The second-order valence-corrected chi connectivity index (χ2v) is 7.15. The fourth-order valence-corrected chi connectivity index (χ4v) is 3.42. The maximum absolute atomic E-state index is 12.8. The maximum atomic E-state index is 12.8. The summed E-state index contributed by atoms with van der Waals surface area (Å²) in [6, 6.07) is 17.4. The van der Waals surface area contributed by atoms with Crippen molar-refractivity contribution < 1.29 is 18.0 Å². The lowest BCUT2D eigenvalue weighted by Gasteiger charge is -2.11. The van der Waals surface area contributed by atoms with E-state index in [1.807, 2.05) is 12.1 Å². The van der Waals surface area contributed by atoms with Gasteiger partial charge < -0.3 is 5.32 Å². The highest BCUT2D eigenvalue weighted by Gasteiger charge is 2.30. The van der Waals surface area contributed by atoms with Crippen molar-refractivity contribution in [3.8, 4) is 11.1 Å². The van der Waals surface area contributed by atoms with Crippen LogP contribution in [-0.4, -0.2) is 15.9 Å². The molecule has 1 amide bonds. The van der Waals surface area contributed by atoms with Gasteiger partial charge in [0.15, 0.2) is 0 Å². The number of hydrogen-bond acceptors (Lipinski definition) is 3. The van der Waals surface area contributed by atoms with Gasteiger partial charge >= 0.3 is 6.18 Å². The summed E-state index contributed by atoms with van der Waals surface area (Å²) in [5, 5.41) is 4.52. The summed E-state index contributed by atoms with van der Waals surface area (Å²) in [6.07, 6.45) is -2.87. The number of aromatic nitrogens is 2. The predicted octanol–water partition coefficient (Wildman–Crippen LogP) is 5.90. The summed E-state index contributed by atoms with van der Waals surface area (Å²) in [5.41, 5.74) is 1.79. The van der Waals surface area contributed by atoms with Crippen LogP contribution >= 0.6 is 11.6 Å². The Hall–Kier alpha value is -3.45. The number of hydrogen-bond donors (Lipinski definition) is 1. The molecule has 4 rings (SSSR count). The molecule has 0 fully saturated rings. The molecule has 0 atom stereocenters. The minimum Gasteiger partial charge on any atom is -0.346 e. The zero-order valence-electron chi connectivity index (χ0n) is 15.9. The number of nitrogens with zero attached hydrogens (tertiary/aromatic N) is 2. The van der Waals surface area contributed by atoms with E-state index in [1.165, 1.54) is 18.3 Å². The van der Waals surface area contributed by atoms with Gasteiger partial charge in [0.1, 0.15) is 0 Å². The molecule has 1 heterocycles. The minimum absolute atomic E-state index is 0.105. The van der Waals surface area contributed by atoms with E-state index in [1.54, 1.807) is 30.3 Å².